The highest BCUT2D eigenvalue weighted by Gasteiger charge is 2.26. The summed E-state index contributed by atoms with van der Waals surface area (Å²) in [5.41, 5.74) is 1.19. The fourth-order valence-corrected chi connectivity index (χ4v) is 3.29. The highest BCUT2D eigenvalue weighted by Crippen LogP contribution is 2.32. The molecule has 22 heavy (non-hydrogen) atoms. The topological polar surface area (TPSA) is 18.5 Å². The van der Waals surface area contributed by atoms with Crippen molar-refractivity contribution in [2.45, 2.75) is 58.0 Å². The normalized spacial score (nSPS) is 21.5. The molecule has 2 nitrogen and oxygen atoms in total. The molecule has 1 aromatic carbocycles. The average molecular weight is 302 g/mol. The van der Waals surface area contributed by atoms with Crippen LogP contribution >= 0.6 is 0 Å². The summed E-state index contributed by atoms with van der Waals surface area (Å²) in [5, 5.41) is 0. The summed E-state index contributed by atoms with van der Waals surface area (Å²) in [6, 6.07) is 8.11. The van der Waals surface area contributed by atoms with E-state index in [0.29, 0.717) is 6.10 Å². The Labute approximate surface area is 135 Å². The van der Waals surface area contributed by atoms with Crippen molar-refractivity contribution in [3.05, 3.63) is 35.9 Å². The van der Waals surface area contributed by atoms with Gasteiger partial charge in [-0.25, -0.2) is 0 Å². The van der Waals surface area contributed by atoms with Gasteiger partial charge in [-0.05, 0) is 42.9 Å². The summed E-state index contributed by atoms with van der Waals surface area (Å²) in [5.74, 6) is 1.69. The molecule has 2 atom stereocenters. The lowest BCUT2D eigenvalue weighted by Gasteiger charge is -2.19. The van der Waals surface area contributed by atoms with Gasteiger partial charge in [-0.2, -0.15) is 0 Å². The summed E-state index contributed by atoms with van der Waals surface area (Å²) in [4.78, 5) is 0. The van der Waals surface area contributed by atoms with Gasteiger partial charge < -0.3 is 9.47 Å². The maximum absolute atomic E-state index is 6.10. The molecule has 2 unspecified atom stereocenters. The zero-order valence-electron chi connectivity index (χ0n) is 14.1. The summed E-state index contributed by atoms with van der Waals surface area (Å²) in [6.45, 7) is 2.99. The first-order valence-electron chi connectivity index (χ1n) is 8.75. The number of hydrogen-bond donors (Lipinski definition) is 0. The molecule has 0 radical (unpaired) electrons. The van der Waals surface area contributed by atoms with Crippen LogP contribution < -0.4 is 4.74 Å². The predicted octanol–water partition coefficient (Wildman–Crippen LogP) is 5.47. The zero-order chi connectivity index (χ0) is 15.6. The number of rotatable bonds is 9. The summed E-state index contributed by atoms with van der Waals surface area (Å²) >= 11 is 0. The van der Waals surface area contributed by atoms with E-state index in [1.54, 1.807) is 7.11 Å². The third-order valence-corrected chi connectivity index (χ3v) is 4.60. The Morgan fingerprint density at radius 1 is 1.14 bits per heavy atom. The van der Waals surface area contributed by atoms with Crippen molar-refractivity contribution in [3.8, 4) is 5.75 Å². The minimum atomic E-state index is 0.484. The molecule has 0 bridgehead atoms. The molecule has 122 valence electrons. The number of ether oxygens (including phenoxy) is 2. The van der Waals surface area contributed by atoms with E-state index in [4.69, 9.17) is 9.47 Å². The third-order valence-electron chi connectivity index (χ3n) is 4.60. The van der Waals surface area contributed by atoms with Gasteiger partial charge in [0.2, 0.25) is 0 Å². The average Bonchev–Trinajstić information content (AvgIpc) is 3.00. The molecule has 0 heterocycles. The Morgan fingerprint density at radius 2 is 1.95 bits per heavy atom. The number of benzene rings is 1. The number of unbranched alkanes of at least 4 members (excludes halogenated alkanes) is 2. The van der Waals surface area contributed by atoms with E-state index >= 15 is 0 Å². The van der Waals surface area contributed by atoms with Crippen LogP contribution in [0.4, 0.5) is 0 Å². The van der Waals surface area contributed by atoms with Crippen LogP contribution in [0.25, 0.3) is 6.08 Å². The molecule has 1 fully saturated rings. The second kappa shape index (κ2) is 9.68. The van der Waals surface area contributed by atoms with Crippen molar-refractivity contribution in [3.63, 3.8) is 0 Å². The summed E-state index contributed by atoms with van der Waals surface area (Å²) < 4.78 is 11.3. The van der Waals surface area contributed by atoms with Gasteiger partial charge in [-0.3, -0.25) is 0 Å². The van der Waals surface area contributed by atoms with Crippen LogP contribution in [0, 0.1) is 5.92 Å². The smallest absolute Gasteiger partial charge is 0.118 e. The Kier molecular flexibility index (Phi) is 7.51. The molecule has 0 N–H and O–H groups in total. The van der Waals surface area contributed by atoms with E-state index < -0.39 is 0 Å². The van der Waals surface area contributed by atoms with Crippen LogP contribution in [0.5, 0.6) is 5.75 Å². The second-order valence-electron chi connectivity index (χ2n) is 6.23. The molecule has 1 aliphatic rings. The Balaban J connectivity index is 1.71. The Bertz CT molecular complexity index is 436. The minimum Gasteiger partial charge on any atom is -0.497 e. The van der Waals surface area contributed by atoms with Gasteiger partial charge in [0.05, 0.1) is 19.8 Å². The first-order valence-corrected chi connectivity index (χ1v) is 8.75. The third kappa shape index (κ3) is 5.49. The van der Waals surface area contributed by atoms with Crippen molar-refractivity contribution >= 4 is 6.08 Å². The molecule has 2 heteroatoms. The Morgan fingerprint density at radius 3 is 2.68 bits per heavy atom. The van der Waals surface area contributed by atoms with E-state index in [-0.39, 0.29) is 0 Å². The van der Waals surface area contributed by atoms with Crippen LogP contribution in [-0.2, 0) is 4.74 Å². The van der Waals surface area contributed by atoms with Crippen molar-refractivity contribution in [1.29, 1.82) is 0 Å². The largest absolute Gasteiger partial charge is 0.497 e. The maximum atomic E-state index is 6.10. The maximum Gasteiger partial charge on any atom is 0.118 e. The second-order valence-corrected chi connectivity index (χ2v) is 6.23. The SMILES string of the molecule is CCCCCC1CCCC1OCC=Cc1ccc(OC)cc1. The molecule has 1 saturated carbocycles. The number of methoxy groups -OCH3 is 1. The lowest BCUT2D eigenvalue weighted by atomic mass is 9.98. The Hall–Kier alpha value is -1.28. The van der Waals surface area contributed by atoms with E-state index in [1.165, 1.54) is 50.5 Å². The van der Waals surface area contributed by atoms with E-state index in [1.807, 2.05) is 12.1 Å². The fourth-order valence-electron chi connectivity index (χ4n) is 3.29. The molecule has 0 spiro atoms. The molecule has 0 saturated heterocycles. The molecule has 0 amide bonds. The van der Waals surface area contributed by atoms with E-state index in [2.05, 4.69) is 31.2 Å². The van der Waals surface area contributed by atoms with E-state index in [0.717, 1.165) is 18.3 Å². The molecule has 1 aromatic rings. The van der Waals surface area contributed by atoms with Gasteiger partial charge in [-0.15, -0.1) is 0 Å². The highest BCUT2D eigenvalue weighted by atomic mass is 16.5. The zero-order valence-corrected chi connectivity index (χ0v) is 14.1. The monoisotopic (exact) mass is 302 g/mol. The van der Waals surface area contributed by atoms with E-state index in [9.17, 15) is 0 Å². The first kappa shape index (κ1) is 17.1. The molecular formula is C20H30O2. The first-order chi connectivity index (χ1) is 10.8. The van der Waals surface area contributed by atoms with Gasteiger partial charge in [-0.1, -0.05) is 56.9 Å². The number of hydrogen-bond acceptors (Lipinski definition) is 2. The van der Waals surface area contributed by atoms with Crippen molar-refractivity contribution in [1.82, 2.24) is 0 Å². The lowest BCUT2D eigenvalue weighted by molar-refractivity contribution is 0.0430. The standard InChI is InChI=1S/C20H30O2/c1-3-4-5-9-18-10-6-11-20(18)22-16-7-8-17-12-14-19(21-2)15-13-17/h7-8,12-15,18,20H,3-6,9-11,16H2,1-2H3. The van der Waals surface area contributed by atoms with Crippen LogP contribution in [0.2, 0.25) is 0 Å². The molecule has 0 aromatic heterocycles. The van der Waals surface area contributed by atoms with Gasteiger partial charge in [0, 0.05) is 0 Å². The van der Waals surface area contributed by atoms with Crippen LogP contribution in [0.3, 0.4) is 0 Å². The fraction of sp³-hybridized carbons (Fsp3) is 0.600. The summed E-state index contributed by atoms with van der Waals surface area (Å²) in [6.07, 6.45) is 14.1. The highest BCUT2D eigenvalue weighted by molar-refractivity contribution is 5.50. The molecule has 1 aliphatic carbocycles. The van der Waals surface area contributed by atoms with Gasteiger partial charge in [0.25, 0.3) is 0 Å². The quantitative estimate of drug-likeness (QED) is 0.563. The van der Waals surface area contributed by atoms with Gasteiger partial charge in [0.1, 0.15) is 5.75 Å². The van der Waals surface area contributed by atoms with Crippen molar-refractivity contribution in [2.24, 2.45) is 5.92 Å². The predicted molar refractivity (Wildman–Crippen MR) is 93.3 cm³/mol. The molecular weight excluding hydrogens is 272 g/mol. The summed E-state index contributed by atoms with van der Waals surface area (Å²) in [7, 11) is 1.69. The van der Waals surface area contributed by atoms with Gasteiger partial charge in [0.15, 0.2) is 0 Å². The van der Waals surface area contributed by atoms with Crippen molar-refractivity contribution in [2.75, 3.05) is 13.7 Å². The molecule has 2 rings (SSSR count). The van der Waals surface area contributed by atoms with Crippen LogP contribution in [0.15, 0.2) is 30.3 Å². The van der Waals surface area contributed by atoms with Gasteiger partial charge >= 0.3 is 0 Å². The van der Waals surface area contributed by atoms with Crippen molar-refractivity contribution < 1.29 is 9.47 Å². The minimum absolute atomic E-state index is 0.484. The van der Waals surface area contributed by atoms with Crippen LogP contribution in [-0.4, -0.2) is 19.8 Å². The van der Waals surface area contributed by atoms with Crippen LogP contribution in [0.1, 0.15) is 57.4 Å². The lowest BCUT2D eigenvalue weighted by Crippen LogP contribution is -2.18. The molecule has 0 aliphatic heterocycles.